The number of fused-ring (bicyclic) bond motifs is 1. The number of aromatic hydroxyl groups is 1. The molecule has 0 spiro atoms. The molecule has 0 fully saturated rings. The van der Waals surface area contributed by atoms with E-state index in [9.17, 15) is 14.7 Å². The van der Waals surface area contributed by atoms with Gasteiger partial charge in [0.2, 0.25) is 5.88 Å². The molecule has 0 amide bonds. The zero-order valence-electron chi connectivity index (χ0n) is 17.5. The van der Waals surface area contributed by atoms with Gasteiger partial charge in [-0.1, -0.05) is 24.3 Å². The SMILES string of the molecule is Cc1ccc(-n2c(O)c(/C=N/Nc3ccc(C(=O)O)cc3)c3ccccc3c2=O)cc1C. The van der Waals surface area contributed by atoms with Gasteiger partial charge in [-0.2, -0.15) is 5.10 Å². The van der Waals surface area contributed by atoms with Crippen molar-refractivity contribution in [3.8, 4) is 11.6 Å². The molecular formula is C25H21N3O4. The third-order valence-corrected chi connectivity index (χ3v) is 5.37. The molecule has 0 saturated heterocycles. The maximum atomic E-state index is 13.2. The van der Waals surface area contributed by atoms with Crippen LogP contribution in [-0.2, 0) is 0 Å². The second-order valence-corrected chi connectivity index (χ2v) is 7.44. The van der Waals surface area contributed by atoms with Crippen LogP contribution in [0.5, 0.6) is 5.88 Å². The van der Waals surface area contributed by atoms with Crippen LogP contribution in [-0.4, -0.2) is 27.0 Å². The number of carboxylic acid groups (broad SMARTS) is 1. The van der Waals surface area contributed by atoms with E-state index in [1.165, 1.54) is 22.9 Å². The summed E-state index contributed by atoms with van der Waals surface area (Å²) in [6.07, 6.45) is 1.44. The fourth-order valence-corrected chi connectivity index (χ4v) is 3.45. The number of carboxylic acids is 1. The second-order valence-electron chi connectivity index (χ2n) is 7.44. The van der Waals surface area contributed by atoms with Crippen molar-refractivity contribution in [1.82, 2.24) is 4.57 Å². The van der Waals surface area contributed by atoms with Gasteiger partial charge in [-0.05, 0) is 67.4 Å². The van der Waals surface area contributed by atoms with E-state index in [-0.39, 0.29) is 17.0 Å². The minimum absolute atomic E-state index is 0.170. The number of benzene rings is 3. The number of aromatic carboxylic acids is 1. The van der Waals surface area contributed by atoms with Gasteiger partial charge in [-0.15, -0.1) is 0 Å². The van der Waals surface area contributed by atoms with Crippen LogP contribution in [0.3, 0.4) is 0 Å². The Morgan fingerprint density at radius 3 is 2.31 bits per heavy atom. The Morgan fingerprint density at radius 2 is 1.66 bits per heavy atom. The molecule has 0 unspecified atom stereocenters. The summed E-state index contributed by atoms with van der Waals surface area (Å²) in [5, 5.41) is 25.3. The number of pyridine rings is 1. The van der Waals surface area contributed by atoms with E-state index in [2.05, 4.69) is 10.5 Å². The molecule has 3 aromatic carbocycles. The van der Waals surface area contributed by atoms with Crippen LogP contribution in [0, 0.1) is 13.8 Å². The third kappa shape index (κ3) is 3.83. The summed E-state index contributed by atoms with van der Waals surface area (Å²) in [5.74, 6) is -1.23. The van der Waals surface area contributed by atoms with Crippen molar-refractivity contribution in [2.45, 2.75) is 13.8 Å². The van der Waals surface area contributed by atoms with Crippen LogP contribution in [0.15, 0.2) is 76.6 Å². The van der Waals surface area contributed by atoms with Crippen molar-refractivity contribution in [3.05, 3.63) is 99.3 Å². The van der Waals surface area contributed by atoms with E-state index in [4.69, 9.17) is 5.11 Å². The van der Waals surface area contributed by atoms with Crippen molar-refractivity contribution in [2.75, 3.05) is 5.43 Å². The summed E-state index contributed by atoms with van der Waals surface area (Å²) in [6, 6.07) is 18.7. The minimum atomic E-state index is -1.01. The first-order chi connectivity index (χ1) is 15.4. The Hall–Kier alpha value is -4.39. The van der Waals surface area contributed by atoms with Gasteiger partial charge in [-0.3, -0.25) is 10.2 Å². The molecule has 0 aliphatic heterocycles. The summed E-state index contributed by atoms with van der Waals surface area (Å²) in [5.41, 5.74) is 6.28. The lowest BCUT2D eigenvalue weighted by Crippen LogP contribution is -2.20. The van der Waals surface area contributed by atoms with E-state index >= 15 is 0 Å². The molecule has 4 aromatic rings. The van der Waals surface area contributed by atoms with Crippen LogP contribution in [0.1, 0.15) is 27.0 Å². The highest BCUT2D eigenvalue weighted by Crippen LogP contribution is 2.26. The van der Waals surface area contributed by atoms with Crippen molar-refractivity contribution in [1.29, 1.82) is 0 Å². The van der Waals surface area contributed by atoms with Gasteiger partial charge in [0.05, 0.1) is 28.7 Å². The Morgan fingerprint density at radius 1 is 0.969 bits per heavy atom. The summed E-state index contributed by atoms with van der Waals surface area (Å²) >= 11 is 0. The van der Waals surface area contributed by atoms with Crippen LogP contribution in [0.4, 0.5) is 5.69 Å². The van der Waals surface area contributed by atoms with Crippen molar-refractivity contribution in [2.24, 2.45) is 5.10 Å². The smallest absolute Gasteiger partial charge is 0.335 e. The summed E-state index contributed by atoms with van der Waals surface area (Å²) in [6.45, 7) is 3.93. The molecule has 4 rings (SSSR count). The van der Waals surface area contributed by atoms with E-state index in [0.29, 0.717) is 27.7 Å². The highest BCUT2D eigenvalue weighted by molar-refractivity contribution is 6.02. The fourth-order valence-electron chi connectivity index (χ4n) is 3.45. The Labute approximate surface area is 183 Å². The first kappa shape index (κ1) is 20.9. The maximum Gasteiger partial charge on any atom is 0.335 e. The molecule has 7 nitrogen and oxygen atoms in total. The van der Waals surface area contributed by atoms with Gasteiger partial charge in [0.15, 0.2) is 0 Å². The molecule has 160 valence electrons. The number of rotatable bonds is 5. The Bertz CT molecular complexity index is 1420. The number of anilines is 1. The molecule has 1 heterocycles. The minimum Gasteiger partial charge on any atom is -0.494 e. The Kier molecular flexibility index (Phi) is 5.47. The number of carbonyl (C=O) groups is 1. The largest absolute Gasteiger partial charge is 0.494 e. The molecule has 1 aromatic heterocycles. The van der Waals surface area contributed by atoms with Crippen molar-refractivity contribution >= 4 is 28.6 Å². The van der Waals surface area contributed by atoms with Crippen LogP contribution in [0.25, 0.3) is 16.5 Å². The van der Waals surface area contributed by atoms with Gasteiger partial charge in [0, 0.05) is 10.8 Å². The van der Waals surface area contributed by atoms with Crippen LogP contribution < -0.4 is 11.0 Å². The van der Waals surface area contributed by atoms with Gasteiger partial charge in [-0.25, -0.2) is 9.36 Å². The van der Waals surface area contributed by atoms with E-state index in [1.54, 1.807) is 42.5 Å². The number of aromatic nitrogens is 1. The van der Waals surface area contributed by atoms with Gasteiger partial charge in [0.25, 0.3) is 5.56 Å². The maximum absolute atomic E-state index is 13.2. The lowest BCUT2D eigenvalue weighted by molar-refractivity contribution is 0.0697. The van der Waals surface area contributed by atoms with Crippen molar-refractivity contribution in [3.63, 3.8) is 0 Å². The molecule has 0 radical (unpaired) electrons. The quantitative estimate of drug-likeness (QED) is 0.322. The number of hydrazone groups is 1. The topological polar surface area (TPSA) is 104 Å². The highest BCUT2D eigenvalue weighted by Gasteiger charge is 2.16. The van der Waals surface area contributed by atoms with E-state index in [1.807, 2.05) is 26.0 Å². The number of nitrogens with zero attached hydrogens (tertiary/aromatic N) is 2. The van der Waals surface area contributed by atoms with Gasteiger partial charge in [0.1, 0.15) is 0 Å². The molecule has 0 aliphatic carbocycles. The standard InChI is InChI=1S/C25H21N3O4/c1-15-7-12-19(13-16(15)2)28-23(29)21-6-4-3-5-20(21)22(24(28)30)14-26-27-18-10-8-17(9-11-18)25(31)32/h3-14,27,30H,1-2H3,(H,31,32)/b26-14+. The summed E-state index contributed by atoms with van der Waals surface area (Å²) < 4.78 is 1.28. The molecular weight excluding hydrogens is 406 g/mol. The molecule has 32 heavy (non-hydrogen) atoms. The molecule has 3 N–H and O–H groups in total. The first-order valence-corrected chi connectivity index (χ1v) is 9.93. The number of hydrogen-bond donors (Lipinski definition) is 3. The lowest BCUT2D eigenvalue weighted by atomic mass is 10.1. The normalized spacial score (nSPS) is 11.2. The van der Waals surface area contributed by atoms with Crippen LogP contribution >= 0.6 is 0 Å². The third-order valence-electron chi connectivity index (χ3n) is 5.37. The van der Waals surface area contributed by atoms with E-state index < -0.39 is 5.97 Å². The summed E-state index contributed by atoms with van der Waals surface area (Å²) in [7, 11) is 0. The summed E-state index contributed by atoms with van der Waals surface area (Å²) in [4.78, 5) is 24.2. The number of hydrogen-bond acceptors (Lipinski definition) is 5. The fraction of sp³-hybridized carbons (Fsp3) is 0.0800. The molecule has 0 saturated carbocycles. The highest BCUT2D eigenvalue weighted by atomic mass is 16.4. The van der Waals surface area contributed by atoms with Gasteiger partial charge < -0.3 is 10.2 Å². The molecule has 0 aliphatic rings. The van der Waals surface area contributed by atoms with Gasteiger partial charge >= 0.3 is 5.97 Å². The predicted molar refractivity (Wildman–Crippen MR) is 125 cm³/mol. The zero-order valence-corrected chi connectivity index (χ0v) is 17.5. The number of aryl methyl sites for hydroxylation is 2. The van der Waals surface area contributed by atoms with Crippen LogP contribution in [0.2, 0.25) is 0 Å². The molecule has 7 heteroatoms. The zero-order chi connectivity index (χ0) is 22.8. The first-order valence-electron chi connectivity index (χ1n) is 9.93. The predicted octanol–water partition coefficient (Wildman–Crippen LogP) is 4.46. The Balaban J connectivity index is 1.80. The molecule has 0 bridgehead atoms. The second kappa shape index (κ2) is 8.39. The lowest BCUT2D eigenvalue weighted by Gasteiger charge is -2.14. The monoisotopic (exact) mass is 427 g/mol. The van der Waals surface area contributed by atoms with Crippen molar-refractivity contribution < 1.29 is 15.0 Å². The molecule has 0 atom stereocenters. The van der Waals surface area contributed by atoms with E-state index in [0.717, 1.165) is 11.1 Å². The number of nitrogens with one attached hydrogen (secondary N) is 1. The average molecular weight is 427 g/mol. The average Bonchev–Trinajstić information content (AvgIpc) is 2.79.